The minimum Gasteiger partial charge on any atom is -0.493 e. The molecule has 0 radical (unpaired) electrons. The molecular formula is C19H18F3NO4. The van der Waals surface area contributed by atoms with Crippen molar-refractivity contribution in [3.05, 3.63) is 59.9 Å². The zero-order valence-electron chi connectivity index (χ0n) is 14.5. The number of nitrogens with one attached hydrogen (secondary N) is 1. The smallest absolute Gasteiger partial charge is 0.387 e. The molecule has 0 bridgehead atoms. The number of amides is 1. The fraction of sp³-hybridized carbons (Fsp3) is 0.211. The molecule has 1 N–H and O–H groups in total. The predicted molar refractivity (Wildman–Crippen MR) is 93.6 cm³/mol. The number of benzene rings is 2. The van der Waals surface area contributed by atoms with Crippen LogP contribution < -0.4 is 19.5 Å². The third-order valence-electron chi connectivity index (χ3n) is 3.31. The highest BCUT2D eigenvalue weighted by molar-refractivity contribution is 5.91. The fourth-order valence-electron chi connectivity index (χ4n) is 2.09. The minimum absolute atomic E-state index is 0.0907. The first kappa shape index (κ1) is 20.2. The molecule has 0 saturated carbocycles. The Morgan fingerprint density at radius 3 is 2.56 bits per heavy atom. The summed E-state index contributed by atoms with van der Waals surface area (Å²) in [4.78, 5) is 11.8. The van der Waals surface area contributed by atoms with Crippen LogP contribution in [-0.4, -0.2) is 32.8 Å². The van der Waals surface area contributed by atoms with Gasteiger partial charge in [-0.3, -0.25) is 4.79 Å². The molecule has 144 valence electrons. The number of hydrogen-bond donors (Lipinski definition) is 1. The minimum atomic E-state index is -2.96. The highest BCUT2D eigenvalue weighted by Gasteiger charge is 2.10. The summed E-state index contributed by atoms with van der Waals surface area (Å²) in [7, 11) is 1.33. The molecule has 0 spiro atoms. The van der Waals surface area contributed by atoms with Crippen molar-refractivity contribution >= 4 is 12.0 Å². The Kier molecular flexibility index (Phi) is 7.54. The van der Waals surface area contributed by atoms with Gasteiger partial charge in [-0.25, -0.2) is 4.39 Å². The lowest BCUT2D eigenvalue weighted by Crippen LogP contribution is -2.26. The molecule has 0 aliphatic carbocycles. The monoisotopic (exact) mass is 381 g/mol. The molecule has 0 saturated heterocycles. The SMILES string of the molecule is COc1cc(/C=C/C(=O)NCCOc2ccc(F)cc2)ccc1OC(F)F. The van der Waals surface area contributed by atoms with Gasteiger partial charge in [-0.15, -0.1) is 0 Å². The molecule has 0 aromatic heterocycles. The van der Waals surface area contributed by atoms with Gasteiger partial charge < -0.3 is 19.5 Å². The molecule has 5 nitrogen and oxygen atoms in total. The molecule has 0 aliphatic heterocycles. The van der Waals surface area contributed by atoms with E-state index >= 15 is 0 Å². The van der Waals surface area contributed by atoms with Crippen LogP contribution in [0.15, 0.2) is 48.5 Å². The number of hydrogen-bond acceptors (Lipinski definition) is 4. The van der Waals surface area contributed by atoms with Crippen molar-refractivity contribution in [2.45, 2.75) is 6.61 Å². The maximum atomic E-state index is 12.8. The number of ether oxygens (including phenoxy) is 3. The van der Waals surface area contributed by atoms with Gasteiger partial charge in [-0.05, 0) is 48.0 Å². The van der Waals surface area contributed by atoms with E-state index < -0.39 is 6.61 Å². The number of alkyl halides is 2. The maximum Gasteiger partial charge on any atom is 0.387 e. The van der Waals surface area contributed by atoms with E-state index in [0.29, 0.717) is 11.3 Å². The predicted octanol–water partition coefficient (Wildman–Crippen LogP) is 3.64. The van der Waals surface area contributed by atoms with Crippen LogP contribution in [0.5, 0.6) is 17.2 Å². The summed E-state index contributed by atoms with van der Waals surface area (Å²) in [5.41, 5.74) is 0.575. The lowest BCUT2D eigenvalue weighted by molar-refractivity contribution is -0.116. The third kappa shape index (κ3) is 6.93. The summed E-state index contributed by atoms with van der Waals surface area (Å²) in [6, 6.07) is 9.86. The van der Waals surface area contributed by atoms with Gasteiger partial charge in [0.25, 0.3) is 0 Å². The van der Waals surface area contributed by atoms with Crippen molar-refractivity contribution in [3.63, 3.8) is 0 Å². The first-order valence-corrected chi connectivity index (χ1v) is 7.95. The first-order chi connectivity index (χ1) is 13.0. The van der Waals surface area contributed by atoms with Crippen molar-refractivity contribution in [1.82, 2.24) is 5.32 Å². The van der Waals surface area contributed by atoms with E-state index in [9.17, 15) is 18.0 Å². The molecule has 1 amide bonds. The van der Waals surface area contributed by atoms with E-state index in [2.05, 4.69) is 10.1 Å². The van der Waals surface area contributed by atoms with Gasteiger partial charge >= 0.3 is 6.61 Å². The van der Waals surface area contributed by atoms with E-state index in [1.54, 1.807) is 0 Å². The molecule has 0 unspecified atom stereocenters. The van der Waals surface area contributed by atoms with Gasteiger partial charge in [0.15, 0.2) is 11.5 Å². The highest BCUT2D eigenvalue weighted by atomic mass is 19.3. The second kappa shape index (κ2) is 10.1. The first-order valence-electron chi connectivity index (χ1n) is 7.95. The molecule has 2 aromatic carbocycles. The topological polar surface area (TPSA) is 56.8 Å². The summed E-state index contributed by atoms with van der Waals surface area (Å²) >= 11 is 0. The Balaban J connectivity index is 1.80. The number of carbonyl (C=O) groups excluding carboxylic acids is 1. The van der Waals surface area contributed by atoms with E-state index in [-0.39, 0.29) is 36.4 Å². The van der Waals surface area contributed by atoms with Gasteiger partial charge in [0.05, 0.1) is 13.7 Å². The Bertz CT molecular complexity index is 779. The van der Waals surface area contributed by atoms with Gasteiger partial charge in [-0.2, -0.15) is 8.78 Å². The molecule has 0 aliphatic rings. The quantitative estimate of drug-likeness (QED) is 0.532. The van der Waals surface area contributed by atoms with Gasteiger partial charge in [-0.1, -0.05) is 6.07 Å². The van der Waals surface area contributed by atoms with Crippen LogP contribution in [0.1, 0.15) is 5.56 Å². The van der Waals surface area contributed by atoms with Crippen LogP contribution >= 0.6 is 0 Å². The molecule has 27 heavy (non-hydrogen) atoms. The lowest BCUT2D eigenvalue weighted by atomic mass is 10.2. The number of halogens is 3. The van der Waals surface area contributed by atoms with Gasteiger partial charge in [0.1, 0.15) is 18.2 Å². The Morgan fingerprint density at radius 2 is 1.89 bits per heavy atom. The summed E-state index contributed by atoms with van der Waals surface area (Å²) in [5, 5.41) is 2.62. The standard InChI is InChI=1S/C19H18F3NO4/c1-25-17-12-13(2-8-16(17)27-19(21)22)3-9-18(24)23-10-11-26-15-6-4-14(20)5-7-15/h2-9,12,19H,10-11H2,1H3,(H,23,24)/b9-3+. The fourth-order valence-corrected chi connectivity index (χ4v) is 2.09. The molecule has 0 atom stereocenters. The van der Waals surface area contributed by atoms with Crippen molar-refractivity contribution in [3.8, 4) is 17.2 Å². The highest BCUT2D eigenvalue weighted by Crippen LogP contribution is 2.29. The second-order valence-electron chi connectivity index (χ2n) is 5.22. The van der Waals surface area contributed by atoms with E-state index in [1.165, 1.54) is 61.7 Å². The Labute approximate surface area is 154 Å². The van der Waals surface area contributed by atoms with Crippen molar-refractivity contribution in [1.29, 1.82) is 0 Å². The van der Waals surface area contributed by atoms with Crippen LogP contribution in [0.4, 0.5) is 13.2 Å². The van der Waals surface area contributed by atoms with Crippen LogP contribution in [0.2, 0.25) is 0 Å². The zero-order valence-corrected chi connectivity index (χ0v) is 14.5. The maximum absolute atomic E-state index is 12.8. The normalized spacial score (nSPS) is 10.9. The molecule has 2 aromatic rings. The number of carbonyl (C=O) groups is 1. The van der Waals surface area contributed by atoms with E-state index in [1.807, 2.05) is 0 Å². The van der Waals surface area contributed by atoms with Crippen molar-refractivity contribution in [2.24, 2.45) is 0 Å². The zero-order chi connectivity index (χ0) is 19.6. The molecule has 0 heterocycles. The molecule has 8 heteroatoms. The molecule has 0 fully saturated rings. The van der Waals surface area contributed by atoms with Crippen molar-refractivity contribution < 1.29 is 32.2 Å². The van der Waals surface area contributed by atoms with Crippen molar-refractivity contribution in [2.75, 3.05) is 20.3 Å². The second-order valence-corrected chi connectivity index (χ2v) is 5.22. The van der Waals surface area contributed by atoms with Crippen LogP contribution in [0, 0.1) is 5.82 Å². The average molecular weight is 381 g/mol. The number of rotatable bonds is 9. The summed E-state index contributed by atoms with van der Waals surface area (Å²) < 4.78 is 52.0. The summed E-state index contributed by atoms with van der Waals surface area (Å²) in [6.45, 7) is -2.48. The largest absolute Gasteiger partial charge is 0.493 e. The Morgan fingerprint density at radius 1 is 1.15 bits per heavy atom. The molecule has 2 rings (SSSR count). The van der Waals surface area contributed by atoms with E-state index in [4.69, 9.17) is 9.47 Å². The third-order valence-corrected chi connectivity index (χ3v) is 3.31. The summed E-state index contributed by atoms with van der Waals surface area (Å²) in [5.74, 6) is -0.173. The Hall–Kier alpha value is -3.16. The molecular weight excluding hydrogens is 363 g/mol. The van der Waals surface area contributed by atoms with Gasteiger partial charge in [0.2, 0.25) is 5.91 Å². The summed E-state index contributed by atoms with van der Waals surface area (Å²) in [6.07, 6.45) is 2.80. The van der Waals surface area contributed by atoms with Gasteiger partial charge in [0, 0.05) is 6.08 Å². The lowest BCUT2D eigenvalue weighted by Gasteiger charge is -2.10. The van der Waals surface area contributed by atoms with Crippen LogP contribution in [-0.2, 0) is 4.79 Å². The van der Waals surface area contributed by atoms with Crippen LogP contribution in [0.3, 0.4) is 0 Å². The van der Waals surface area contributed by atoms with Crippen LogP contribution in [0.25, 0.3) is 6.08 Å². The average Bonchev–Trinajstić information content (AvgIpc) is 2.65. The number of methoxy groups -OCH3 is 1. The van der Waals surface area contributed by atoms with E-state index in [0.717, 1.165) is 0 Å².